The van der Waals surface area contributed by atoms with Crippen molar-refractivity contribution in [2.75, 3.05) is 6.61 Å². The van der Waals surface area contributed by atoms with E-state index in [9.17, 15) is 20.4 Å². The van der Waals surface area contributed by atoms with E-state index in [0.29, 0.717) is 5.69 Å². The Morgan fingerprint density at radius 2 is 1.88 bits per heavy atom. The fourth-order valence-electron chi connectivity index (χ4n) is 2.58. The van der Waals surface area contributed by atoms with Crippen molar-refractivity contribution >= 4 is 11.3 Å². The topological polar surface area (TPSA) is 134 Å². The summed E-state index contributed by atoms with van der Waals surface area (Å²) in [6.45, 7) is 3.57. The molecule has 2 aromatic rings. The fraction of sp³-hybridized carbons (Fsp3) is 0.643. The number of aryl methyl sites for hydroxylation is 2. The molecule has 3 rings (SSSR count). The molecule has 5 atom stereocenters. The molecule has 0 spiro atoms. The number of hydrogen-bond donors (Lipinski definition) is 4. The maximum absolute atomic E-state index is 10.1. The Bertz CT molecular complexity index is 684. The third-order valence-electron chi connectivity index (χ3n) is 4.14. The van der Waals surface area contributed by atoms with Gasteiger partial charge in [-0.2, -0.15) is 0 Å². The zero-order chi connectivity index (χ0) is 17.4. The van der Waals surface area contributed by atoms with E-state index in [2.05, 4.69) is 15.3 Å². The smallest absolute Gasteiger partial charge is 0.145 e. The predicted molar refractivity (Wildman–Crippen MR) is 84.4 cm³/mol. The molecular formula is C14H20N4O5S. The van der Waals surface area contributed by atoms with Crippen LogP contribution in [0.5, 0.6) is 0 Å². The Morgan fingerprint density at radius 1 is 1.17 bits per heavy atom. The molecule has 0 aromatic carbocycles. The van der Waals surface area contributed by atoms with Crippen molar-refractivity contribution < 1.29 is 25.2 Å². The van der Waals surface area contributed by atoms with Crippen LogP contribution in [-0.2, 0) is 11.3 Å². The second-order valence-electron chi connectivity index (χ2n) is 5.85. The highest BCUT2D eigenvalue weighted by Gasteiger charge is 2.43. The average molecular weight is 356 g/mol. The predicted octanol–water partition coefficient (Wildman–Crippen LogP) is -1.14. The Labute approximate surface area is 142 Å². The molecule has 3 heterocycles. The molecule has 0 aliphatic carbocycles. The third-order valence-corrected chi connectivity index (χ3v) is 5.24. The number of aliphatic hydroxyl groups is 4. The number of hydrogen-bond acceptors (Lipinski definition) is 9. The van der Waals surface area contributed by atoms with Gasteiger partial charge in [-0.1, -0.05) is 5.21 Å². The zero-order valence-electron chi connectivity index (χ0n) is 13.3. The van der Waals surface area contributed by atoms with Gasteiger partial charge < -0.3 is 25.2 Å². The molecule has 24 heavy (non-hydrogen) atoms. The molecule has 0 radical (unpaired) electrons. The standard InChI is InChI=1S/C14H20N4O5S/c1-6-7(2)24-14(15-6)8-3-18(17-16-8)4-9-11(20)13(22)12(21)10(5-19)23-9/h3,9-13,19-22H,4-5H2,1-2H3. The average Bonchev–Trinajstić information content (AvgIpc) is 3.15. The van der Waals surface area contributed by atoms with Crippen LogP contribution in [0, 0.1) is 13.8 Å². The van der Waals surface area contributed by atoms with Gasteiger partial charge in [-0.3, -0.25) is 0 Å². The molecule has 2 aromatic heterocycles. The van der Waals surface area contributed by atoms with Gasteiger partial charge in [0.1, 0.15) is 41.2 Å². The first kappa shape index (κ1) is 17.4. The minimum absolute atomic E-state index is 0.123. The van der Waals surface area contributed by atoms with Crippen LogP contribution in [0.25, 0.3) is 10.7 Å². The highest BCUT2D eigenvalue weighted by molar-refractivity contribution is 7.15. The van der Waals surface area contributed by atoms with Gasteiger partial charge in [-0.25, -0.2) is 9.67 Å². The largest absolute Gasteiger partial charge is 0.394 e. The van der Waals surface area contributed by atoms with Crippen molar-refractivity contribution in [2.24, 2.45) is 0 Å². The normalized spacial score (nSPS) is 30.7. The van der Waals surface area contributed by atoms with Crippen LogP contribution >= 0.6 is 11.3 Å². The molecule has 1 saturated heterocycles. The number of rotatable bonds is 4. The van der Waals surface area contributed by atoms with Crippen molar-refractivity contribution in [3.63, 3.8) is 0 Å². The highest BCUT2D eigenvalue weighted by atomic mass is 32.1. The summed E-state index contributed by atoms with van der Waals surface area (Å²) in [7, 11) is 0. The monoisotopic (exact) mass is 356 g/mol. The quantitative estimate of drug-likeness (QED) is 0.540. The van der Waals surface area contributed by atoms with E-state index in [0.717, 1.165) is 15.6 Å². The molecule has 4 N–H and O–H groups in total. The van der Waals surface area contributed by atoms with Crippen LogP contribution in [0.15, 0.2) is 6.20 Å². The van der Waals surface area contributed by atoms with Gasteiger partial charge in [0, 0.05) is 4.88 Å². The van der Waals surface area contributed by atoms with Gasteiger partial charge in [0.05, 0.1) is 25.0 Å². The summed E-state index contributed by atoms with van der Waals surface area (Å²) < 4.78 is 6.94. The number of ether oxygens (including phenoxy) is 1. The van der Waals surface area contributed by atoms with Crippen LogP contribution in [0.1, 0.15) is 10.6 Å². The molecule has 1 aliphatic rings. The first-order chi connectivity index (χ1) is 11.4. The van der Waals surface area contributed by atoms with Crippen LogP contribution in [0.4, 0.5) is 0 Å². The molecule has 0 saturated carbocycles. The molecule has 5 unspecified atom stereocenters. The van der Waals surface area contributed by atoms with E-state index in [1.165, 1.54) is 16.0 Å². The van der Waals surface area contributed by atoms with Gasteiger partial charge in [-0.15, -0.1) is 16.4 Å². The third kappa shape index (κ3) is 3.21. The van der Waals surface area contributed by atoms with Gasteiger partial charge in [0.15, 0.2) is 0 Å². The summed E-state index contributed by atoms with van der Waals surface area (Å²) in [5, 5.41) is 47.7. The lowest BCUT2D eigenvalue weighted by atomic mass is 9.95. The van der Waals surface area contributed by atoms with E-state index in [1.54, 1.807) is 6.20 Å². The van der Waals surface area contributed by atoms with Crippen LogP contribution < -0.4 is 0 Å². The van der Waals surface area contributed by atoms with Gasteiger partial charge in [0.2, 0.25) is 0 Å². The zero-order valence-corrected chi connectivity index (χ0v) is 14.1. The van der Waals surface area contributed by atoms with Crippen molar-refractivity contribution in [1.29, 1.82) is 0 Å². The van der Waals surface area contributed by atoms with Crippen molar-refractivity contribution in [3.05, 3.63) is 16.8 Å². The maximum Gasteiger partial charge on any atom is 0.145 e. The Kier molecular flexibility index (Phi) is 4.95. The second kappa shape index (κ2) is 6.82. The molecule has 10 heteroatoms. The summed E-state index contributed by atoms with van der Waals surface area (Å²) >= 11 is 1.52. The highest BCUT2D eigenvalue weighted by Crippen LogP contribution is 2.26. The number of nitrogens with zero attached hydrogens (tertiary/aromatic N) is 4. The number of aromatic nitrogens is 4. The molecule has 0 amide bonds. The molecule has 1 fully saturated rings. The Hall–Kier alpha value is -1.43. The lowest BCUT2D eigenvalue weighted by Crippen LogP contribution is -2.59. The lowest BCUT2D eigenvalue weighted by molar-refractivity contribution is -0.232. The van der Waals surface area contributed by atoms with Crippen LogP contribution in [-0.4, -0.2) is 77.5 Å². The van der Waals surface area contributed by atoms with Crippen LogP contribution in [0.2, 0.25) is 0 Å². The molecule has 9 nitrogen and oxygen atoms in total. The lowest BCUT2D eigenvalue weighted by Gasteiger charge is -2.39. The fourth-order valence-corrected chi connectivity index (χ4v) is 3.45. The Morgan fingerprint density at radius 3 is 2.50 bits per heavy atom. The molecule has 0 bridgehead atoms. The Balaban J connectivity index is 1.74. The first-order valence-electron chi connectivity index (χ1n) is 7.55. The van der Waals surface area contributed by atoms with E-state index in [4.69, 9.17) is 4.74 Å². The van der Waals surface area contributed by atoms with Gasteiger partial charge >= 0.3 is 0 Å². The minimum atomic E-state index is -1.40. The van der Waals surface area contributed by atoms with E-state index < -0.39 is 37.1 Å². The van der Waals surface area contributed by atoms with Crippen LogP contribution in [0.3, 0.4) is 0 Å². The summed E-state index contributed by atoms with van der Waals surface area (Å²) in [6.07, 6.45) is -4.13. The van der Waals surface area contributed by atoms with Gasteiger partial charge in [-0.05, 0) is 13.8 Å². The summed E-state index contributed by atoms with van der Waals surface area (Å²) in [5.41, 5.74) is 1.55. The molecule has 132 valence electrons. The number of aliphatic hydroxyl groups excluding tert-OH is 4. The molecular weight excluding hydrogens is 336 g/mol. The van der Waals surface area contributed by atoms with Crippen molar-refractivity contribution in [1.82, 2.24) is 20.0 Å². The summed E-state index contributed by atoms with van der Waals surface area (Å²) in [4.78, 5) is 5.52. The van der Waals surface area contributed by atoms with Crippen molar-refractivity contribution in [2.45, 2.75) is 50.9 Å². The van der Waals surface area contributed by atoms with E-state index in [1.807, 2.05) is 13.8 Å². The number of thiazole rings is 1. The van der Waals surface area contributed by atoms with Crippen molar-refractivity contribution in [3.8, 4) is 10.7 Å². The summed E-state index contributed by atoms with van der Waals surface area (Å²) in [6, 6.07) is 0. The first-order valence-corrected chi connectivity index (χ1v) is 8.37. The SMILES string of the molecule is Cc1nc(-c2cn(CC3OC(CO)C(O)C(O)C3O)nn2)sc1C. The minimum Gasteiger partial charge on any atom is -0.394 e. The van der Waals surface area contributed by atoms with E-state index in [-0.39, 0.29) is 6.54 Å². The second-order valence-corrected chi connectivity index (χ2v) is 7.06. The van der Waals surface area contributed by atoms with E-state index >= 15 is 0 Å². The van der Waals surface area contributed by atoms with Gasteiger partial charge in [0.25, 0.3) is 0 Å². The summed E-state index contributed by atoms with van der Waals surface area (Å²) in [5.74, 6) is 0. The molecule has 1 aliphatic heterocycles. The maximum atomic E-state index is 10.1.